The van der Waals surface area contributed by atoms with Gasteiger partial charge in [0.15, 0.2) is 5.78 Å². The first kappa shape index (κ1) is 21.5. The van der Waals surface area contributed by atoms with Crippen LogP contribution in [-0.4, -0.2) is 22.8 Å². The highest BCUT2D eigenvalue weighted by Crippen LogP contribution is 2.25. The lowest BCUT2D eigenvalue weighted by Crippen LogP contribution is -2.34. The largest absolute Gasteiger partial charge is 0.457 e. The SMILES string of the molecule is CC(C)NC(=O)Nc1ccc(C(=O)/C=C/c2ccc(-c3ccc([N+](=O)[O-])cc3)o2)cc1. The Morgan fingerprint density at radius 2 is 1.68 bits per heavy atom. The summed E-state index contributed by atoms with van der Waals surface area (Å²) in [5, 5.41) is 16.2. The Bertz CT molecular complexity index is 1110. The van der Waals surface area contributed by atoms with Crippen LogP contribution in [0.4, 0.5) is 16.2 Å². The minimum absolute atomic E-state index is 0.00258. The topological polar surface area (TPSA) is 114 Å². The van der Waals surface area contributed by atoms with Crippen LogP contribution < -0.4 is 10.6 Å². The van der Waals surface area contributed by atoms with Crippen LogP contribution in [0.1, 0.15) is 30.0 Å². The second kappa shape index (κ2) is 9.53. The molecule has 2 N–H and O–H groups in total. The molecule has 1 aromatic heterocycles. The summed E-state index contributed by atoms with van der Waals surface area (Å²) < 4.78 is 5.69. The highest BCUT2D eigenvalue weighted by Gasteiger charge is 2.09. The number of benzene rings is 2. The van der Waals surface area contributed by atoms with Crippen LogP contribution in [-0.2, 0) is 0 Å². The lowest BCUT2D eigenvalue weighted by atomic mass is 10.1. The molecule has 0 fully saturated rings. The first-order chi connectivity index (χ1) is 14.8. The van der Waals surface area contributed by atoms with Gasteiger partial charge in [0.1, 0.15) is 11.5 Å². The lowest BCUT2D eigenvalue weighted by Gasteiger charge is -2.10. The number of carbonyl (C=O) groups is 2. The zero-order chi connectivity index (χ0) is 22.4. The van der Waals surface area contributed by atoms with E-state index < -0.39 is 4.92 Å². The normalized spacial score (nSPS) is 10.9. The minimum atomic E-state index is -0.464. The molecule has 3 rings (SSSR count). The fourth-order valence-electron chi connectivity index (χ4n) is 2.75. The van der Waals surface area contributed by atoms with Crippen molar-refractivity contribution in [3.8, 4) is 11.3 Å². The first-order valence-electron chi connectivity index (χ1n) is 9.56. The van der Waals surface area contributed by atoms with Gasteiger partial charge in [0.2, 0.25) is 0 Å². The lowest BCUT2D eigenvalue weighted by molar-refractivity contribution is -0.384. The summed E-state index contributed by atoms with van der Waals surface area (Å²) in [4.78, 5) is 34.4. The van der Waals surface area contributed by atoms with E-state index >= 15 is 0 Å². The molecule has 8 heteroatoms. The van der Waals surface area contributed by atoms with Gasteiger partial charge in [-0.15, -0.1) is 0 Å². The number of allylic oxidation sites excluding steroid dienone is 1. The third-order valence-electron chi connectivity index (χ3n) is 4.24. The predicted molar refractivity (Wildman–Crippen MR) is 118 cm³/mol. The van der Waals surface area contributed by atoms with Gasteiger partial charge in [0.05, 0.1) is 4.92 Å². The van der Waals surface area contributed by atoms with Gasteiger partial charge in [-0.2, -0.15) is 0 Å². The van der Waals surface area contributed by atoms with E-state index in [1.165, 1.54) is 18.2 Å². The molecule has 31 heavy (non-hydrogen) atoms. The van der Waals surface area contributed by atoms with Gasteiger partial charge < -0.3 is 15.1 Å². The number of nitro groups is 1. The van der Waals surface area contributed by atoms with Crippen molar-refractivity contribution in [1.29, 1.82) is 0 Å². The van der Waals surface area contributed by atoms with Crippen molar-refractivity contribution in [2.45, 2.75) is 19.9 Å². The van der Waals surface area contributed by atoms with E-state index in [0.29, 0.717) is 28.3 Å². The van der Waals surface area contributed by atoms with E-state index in [1.54, 1.807) is 54.6 Å². The minimum Gasteiger partial charge on any atom is -0.457 e. The number of nitrogens with one attached hydrogen (secondary N) is 2. The van der Waals surface area contributed by atoms with Gasteiger partial charge in [-0.05, 0) is 74.5 Å². The number of non-ortho nitro benzene ring substituents is 1. The second-order valence-corrected chi connectivity index (χ2v) is 7.03. The van der Waals surface area contributed by atoms with Crippen molar-refractivity contribution < 1.29 is 18.9 Å². The standard InChI is InChI=1S/C23H21N3O5/c1-15(2)24-23(28)25-18-7-3-16(4-8-18)21(27)13-11-20-12-14-22(31-20)17-5-9-19(10-6-17)26(29)30/h3-15H,1-2H3,(H2,24,25,28)/b13-11+. The molecule has 0 bridgehead atoms. The van der Waals surface area contributed by atoms with E-state index in [4.69, 9.17) is 4.42 Å². The Morgan fingerprint density at radius 1 is 1.00 bits per heavy atom. The van der Waals surface area contributed by atoms with Crippen molar-refractivity contribution in [2.24, 2.45) is 0 Å². The number of furan rings is 1. The van der Waals surface area contributed by atoms with Crippen LogP contribution in [0, 0.1) is 10.1 Å². The van der Waals surface area contributed by atoms with Gasteiger partial charge in [-0.3, -0.25) is 14.9 Å². The second-order valence-electron chi connectivity index (χ2n) is 7.03. The van der Waals surface area contributed by atoms with Gasteiger partial charge in [-0.25, -0.2) is 4.79 Å². The summed E-state index contributed by atoms with van der Waals surface area (Å²) in [6.07, 6.45) is 2.95. The van der Waals surface area contributed by atoms with Crippen LogP contribution in [0.3, 0.4) is 0 Å². The quantitative estimate of drug-likeness (QED) is 0.234. The number of anilines is 1. The van der Waals surface area contributed by atoms with E-state index in [2.05, 4.69) is 10.6 Å². The van der Waals surface area contributed by atoms with E-state index in [-0.39, 0.29) is 23.5 Å². The number of ketones is 1. The Morgan fingerprint density at radius 3 is 2.29 bits per heavy atom. The van der Waals surface area contributed by atoms with Crippen LogP contribution in [0.25, 0.3) is 17.4 Å². The van der Waals surface area contributed by atoms with Crippen molar-refractivity contribution in [3.05, 3.63) is 88.2 Å². The number of rotatable bonds is 7. The molecule has 0 aliphatic heterocycles. The van der Waals surface area contributed by atoms with Gasteiger partial charge in [-0.1, -0.05) is 0 Å². The smallest absolute Gasteiger partial charge is 0.319 e. The molecule has 0 saturated carbocycles. The summed E-state index contributed by atoms with van der Waals surface area (Å²) in [7, 11) is 0. The Labute approximate surface area is 178 Å². The van der Waals surface area contributed by atoms with Crippen molar-refractivity contribution >= 4 is 29.3 Å². The maximum absolute atomic E-state index is 12.4. The molecular weight excluding hydrogens is 398 g/mol. The molecule has 0 aliphatic carbocycles. The summed E-state index contributed by atoms with van der Waals surface area (Å²) in [6, 6.07) is 15.7. The van der Waals surface area contributed by atoms with Crippen LogP contribution >= 0.6 is 0 Å². The molecule has 0 radical (unpaired) electrons. The zero-order valence-corrected chi connectivity index (χ0v) is 17.0. The summed E-state index contributed by atoms with van der Waals surface area (Å²) in [5.41, 5.74) is 1.75. The molecule has 0 spiro atoms. The summed E-state index contributed by atoms with van der Waals surface area (Å²) >= 11 is 0. The molecule has 2 aromatic carbocycles. The zero-order valence-electron chi connectivity index (χ0n) is 17.0. The van der Waals surface area contributed by atoms with Crippen LogP contribution in [0.2, 0.25) is 0 Å². The van der Waals surface area contributed by atoms with E-state index in [0.717, 1.165) is 0 Å². The van der Waals surface area contributed by atoms with E-state index in [1.807, 2.05) is 13.8 Å². The number of hydrogen-bond donors (Lipinski definition) is 2. The molecule has 0 saturated heterocycles. The van der Waals surface area contributed by atoms with E-state index in [9.17, 15) is 19.7 Å². The molecule has 2 amide bonds. The number of nitro benzene ring substituents is 1. The van der Waals surface area contributed by atoms with Crippen molar-refractivity contribution in [3.63, 3.8) is 0 Å². The summed E-state index contributed by atoms with van der Waals surface area (Å²) in [5.74, 6) is 0.800. The first-order valence-corrected chi connectivity index (χ1v) is 9.56. The Hall–Kier alpha value is -4.20. The average Bonchev–Trinajstić information content (AvgIpc) is 3.21. The molecule has 1 heterocycles. The number of hydrogen-bond acceptors (Lipinski definition) is 5. The molecule has 158 valence electrons. The molecule has 0 aliphatic rings. The third-order valence-corrected chi connectivity index (χ3v) is 4.24. The monoisotopic (exact) mass is 419 g/mol. The maximum atomic E-state index is 12.4. The molecule has 8 nitrogen and oxygen atoms in total. The van der Waals surface area contributed by atoms with Crippen molar-refractivity contribution in [2.75, 3.05) is 5.32 Å². The number of nitrogens with zero attached hydrogens (tertiary/aromatic N) is 1. The number of carbonyl (C=O) groups excluding carboxylic acids is 2. The Kier molecular flexibility index (Phi) is 6.61. The highest BCUT2D eigenvalue weighted by atomic mass is 16.6. The fraction of sp³-hybridized carbons (Fsp3) is 0.130. The third kappa shape index (κ3) is 5.89. The fourth-order valence-corrected chi connectivity index (χ4v) is 2.75. The predicted octanol–water partition coefficient (Wildman–Crippen LogP) is 5.28. The Balaban J connectivity index is 1.62. The van der Waals surface area contributed by atoms with Gasteiger partial charge >= 0.3 is 6.03 Å². The summed E-state index contributed by atoms with van der Waals surface area (Å²) in [6.45, 7) is 3.73. The highest BCUT2D eigenvalue weighted by molar-refractivity contribution is 6.07. The maximum Gasteiger partial charge on any atom is 0.319 e. The number of urea groups is 1. The average molecular weight is 419 g/mol. The van der Waals surface area contributed by atoms with Crippen molar-refractivity contribution in [1.82, 2.24) is 5.32 Å². The van der Waals surface area contributed by atoms with Gasteiger partial charge in [0, 0.05) is 35.0 Å². The van der Waals surface area contributed by atoms with Crippen LogP contribution in [0.15, 0.2) is 71.2 Å². The molecule has 0 atom stereocenters. The molecule has 3 aromatic rings. The molecular formula is C23H21N3O5. The number of amides is 2. The van der Waals surface area contributed by atoms with Gasteiger partial charge in [0.25, 0.3) is 5.69 Å². The molecule has 0 unspecified atom stereocenters. The van der Waals surface area contributed by atoms with Crippen LogP contribution in [0.5, 0.6) is 0 Å².